The fourth-order valence-electron chi connectivity index (χ4n) is 3.80. The van der Waals surface area contributed by atoms with Crippen molar-refractivity contribution >= 4 is 28.0 Å². The van der Waals surface area contributed by atoms with Gasteiger partial charge in [0.15, 0.2) is 0 Å². The van der Waals surface area contributed by atoms with Gasteiger partial charge in [-0.15, -0.1) is 0 Å². The van der Waals surface area contributed by atoms with E-state index in [9.17, 15) is 13.5 Å². The number of aliphatic hydroxyl groups excluding tert-OH is 1. The molecule has 1 aromatic heterocycles. The number of nitrogens with zero attached hydrogens (tertiary/aromatic N) is 1. The lowest BCUT2D eigenvalue weighted by Crippen LogP contribution is -2.40. The second kappa shape index (κ2) is 8.10. The molecule has 0 aliphatic carbocycles. The van der Waals surface area contributed by atoms with Crippen LogP contribution in [0.25, 0.3) is 10.9 Å². The quantitative estimate of drug-likeness (QED) is 0.536. The van der Waals surface area contributed by atoms with E-state index in [2.05, 4.69) is 4.98 Å². The third-order valence-electron chi connectivity index (χ3n) is 5.44. The maximum atomic E-state index is 13.6. The average molecular weight is 424 g/mol. The summed E-state index contributed by atoms with van der Waals surface area (Å²) in [5.41, 5.74) is 3.10. The van der Waals surface area contributed by atoms with Gasteiger partial charge in [0, 0.05) is 23.5 Å². The first kappa shape index (κ1) is 20.4. The number of rotatable bonds is 7. The number of fused-ring (bicyclic) bond motifs is 1. The molecule has 1 aliphatic rings. The largest absolute Gasteiger partial charge is 0.513 e. The molecule has 4 rings (SSSR count). The molecule has 0 amide bonds. The highest BCUT2D eigenvalue weighted by atomic mass is 32.2. The zero-order valence-electron chi connectivity index (χ0n) is 17.1. The minimum Gasteiger partial charge on any atom is -0.513 e. The van der Waals surface area contributed by atoms with Gasteiger partial charge in [-0.05, 0) is 37.0 Å². The minimum absolute atomic E-state index is 0.185. The SMILES string of the molecule is CCCCB1OC(O)=C(Cc2c[nH]c3ccccc23)N1S(=O)(=O)c1ccc(C)cc1. The van der Waals surface area contributed by atoms with Crippen molar-refractivity contribution in [3.63, 3.8) is 0 Å². The highest BCUT2D eigenvalue weighted by molar-refractivity contribution is 7.90. The van der Waals surface area contributed by atoms with E-state index in [4.69, 9.17) is 4.65 Å². The number of benzene rings is 2. The summed E-state index contributed by atoms with van der Waals surface area (Å²) in [5.74, 6) is -0.322. The fourth-order valence-corrected chi connectivity index (χ4v) is 5.40. The van der Waals surface area contributed by atoms with Crippen molar-refractivity contribution in [1.29, 1.82) is 0 Å². The molecule has 2 heterocycles. The molecule has 1 aliphatic heterocycles. The Morgan fingerprint density at radius 1 is 1.13 bits per heavy atom. The molecule has 156 valence electrons. The first-order valence-electron chi connectivity index (χ1n) is 10.2. The highest BCUT2D eigenvalue weighted by Crippen LogP contribution is 2.35. The number of unbranched alkanes of at least 4 members (excludes halogenated alkanes) is 1. The topological polar surface area (TPSA) is 82.6 Å². The normalized spacial score (nSPS) is 14.6. The second-order valence-electron chi connectivity index (χ2n) is 7.62. The number of sulfonamides is 1. The number of nitrogens with one attached hydrogen (secondary N) is 1. The number of aromatic nitrogens is 1. The van der Waals surface area contributed by atoms with Gasteiger partial charge in [0.05, 0.1) is 4.90 Å². The van der Waals surface area contributed by atoms with Crippen molar-refractivity contribution in [1.82, 2.24) is 9.20 Å². The molecule has 0 fully saturated rings. The minimum atomic E-state index is -3.89. The lowest BCUT2D eigenvalue weighted by atomic mass is 9.77. The van der Waals surface area contributed by atoms with E-state index >= 15 is 0 Å². The van der Waals surface area contributed by atoms with Crippen LogP contribution >= 0.6 is 0 Å². The molecule has 0 unspecified atom stereocenters. The molecule has 8 heteroatoms. The van der Waals surface area contributed by atoms with Gasteiger partial charge >= 0.3 is 7.05 Å². The number of H-pyrrole nitrogens is 1. The average Bonchev–Trinajstić information content (AvgIpc) is 3.28. The Labute approximate surface area is 177 Å². The maximum absolute atomic E-state index is 13.6. The molecule has 0 saturated carbocycles. The Morgan fingerprint density at radius 2 is 1.87 bits per heavy atom. The van der Waals surface area contributed by atoms with Gasteiger partial charge in [0.25, 0.3) is 16.0 Å². The van der Waals surface area contributed by atoms with E-state index in [0.29, 0.717) is 6.32 Å². The molecule has 2 N–H and O–H groups in total. The molecule has 0 spiro atoms. The zero-order chi connectivity index (χ0) is 21.3. The summed E-state index contributed by atoms with van der Waals surface area (Å²) in [4.78, 5) is 3.39. The molecular formula is C22H25BN2O4S. The maximum Gasteiger partial charge on any atom is 0.499 e. The van der Waals surface area contributed by atoms with Crippen molar-refractivity contribution in [2.45, 2.75) is 44.3 Å². The van der Waals surface area contributed by atoms with E-state index in [0.717, 1.165) is 34.9 Å². The van der Waals surface area contributed by atoms with Crippen LogP contribution in [0, 0.1) is 6.92 Å². The predicted octanol–water partition coefficient (Wildman–Crippen LogP) is 4.76. The van der Waals surface area contributed by atoms with Gasteiger partial charge < -0.3 is 14.7 Å². The first-order chi connectivity index (χ1) is 14.4. The summed E-state index contributed by atoms with van der Waals surface area (Å²) in [5, 5.41) is 11.6. The smallest absolute Gasteiger partial charge is 0.499 e. The van der Waals surface area contributed by atoms with E-state index in [1.807, 2.05) is 44.3 Å². The van der Waals surface area contributed by atoms with Crippen LogP contribution in [0.1, 0.15) is 30.9 Å². The standard InChI is InChI=1S/C22H25BN2O4S/c1-3-4-13-23-25(30(27,28)18-11-9-16(2)10-12-18)21(22(26)29-23)14-17-15-24-20-8-6-5-7-19(17)20/h5-12,15,24,26H,3-4,13-14H2,1-2H3. The lowest BCUT2D eigenvalue weighted by Gasteiger charge is -2.24. The molecule has 0 bridgehead atoms. The van der Waals surface area contributed by atoms with Crippen LogP contribution < -0.4 is 0 Å². The van der Waals surface area contributed by atoms with Crippen molar-refractivity contribution in [3.05, 3.63) is 77.5 Å². The Morgan fingerprint density at radius 3 is 2.60 bits per heavy atom. The number of hydrogen-bond donors (Lipinski definition) is 2. The third kappa shape index (κ3) is 3.67. The van der Waals surface area contributed by atoms with Crippen LogP contribution in [-0.4, -0.2) is 29.8 Å². The third-order valence-corrected chi connectivity index (χ3v) is 7.28. The molecule has 30 heavy (non-hydrogen) atoms. The number of para-hydroxylation sites is 1. The molecule has 2 aromatic carbocycles. The molecular weight excluding hydrogens is 399 g/mol. The van der Waals surface area contributed by atoms with Gasteiger partial charge in [-0.25, -0.2) is 8.42 Å². The molecule has 3 aromatic rings. The zero-order valence-corrected chi connectivity index (χ0v) is 17.9. The van der Waals surface area contributed by atoms with Crippen molar-refractivity contribution in [2.75, 3.05) is 0 Å². The van der Waals surface area contributed by atoms with Crippen molar-refractivity contribution in [2.24, 2.45) is 0 Å². The van der Waals surface area contributed by atoms with Crippen LogP contribution in [0.3, 0.4) is 0 Å². The van der Waals surface area contributed by atoms with Gasteiger partial charge in [-0.2, -0.15) is 0 Å². The van der Waals surface area contributed by atoms with E-state index < -0.39 is 17.1 Å². The summed E-state index contributed by atoms with van der Waals surface area (Å²) in [6.45, 7) is 3.95. The Balaban J connectivity index is 1.75. The first-order valence-corrected chi connectivity index (χ1v) is 11.6. The van der Waals surface area contributed by atoms with E-state index in [-0.39, 0.29) is 23.0 Å². The summed E-state index contributed by atoms with van der Waals surface area (Å²) >= 11 is 0. The van der Waals surface area contributed by atoms with Crippen molar-refractivity contribution < 1.29 is 18.2 Å². The summed E-state index contributed by atoms with van der Waals surface area (Å²) < 4.78 is 34.0. The Hall–Kier alpha value is -2.87. The van der Waals surface area contributed by atoms with Crippen molar-refractivity contribution in [3.8, 4) is 0 Å². The van der Waals surface area contributed by atoms with Gasteiger partial charge in [-0.1, -0.05) is 55.7 Å². The lowest BCUT2D eigenvalue weighted by molar-refractivity contribution is 0.213. The number of allylic oxidation sites excluding steroid dienone is 1. The number of hydrogen-bond acceptors (Lipinski definition) is 4. The number of aryl methyl sites for hydroxylation is 1. The van der Waals surface area contributed by atoms with E-state index in [1.165, 1.54) is 4.22 Å². The van der Waals surface area contributed by atoms with Crippen LogP contribution in [0.5, 0.6) is 0 Å². The number of aliphatic hydroxyl groups is 1. The van der Waals surface area contributed by atoms with Crippen LogP contribution in [0.2, 0.25) is 6.32 Å². The van der Waals surface area contributed by atoms with E-state index in [1.54, 1.807) is 24.3 Å². The fraction of sp³-hybridized carbons (Fsp3) is 0.273. The highest BCUT2D eigenvalue weighted by Gasteiger charge is 2.46. The Kier molecular flexibility index (Phi) is 5.51. The molecule has 0 radical (unpaired) electrons. The molecule has 0 saturated heterocycles. The summed E-state index contributed by atoms with van der Waals surface area (Å²) in [6.07, 6.45) is 4.28. The molecule has 0 atom stereocenters. The Bertz CT molecular complexity index is 1190. The second-order valence-corrected chi connectivity index (χ2v) is 9.43. The van der Waals surface area contributed by atoms with Crippen LogP contribution in [0.4, 0.5) is 0 Å². The van der Waals surface area contributed by atoms with Crippen LogP contribution in [-0.2, 0) is 21.1 Å². The van der Waals surface area contributed by atoms with Gasteiger partial charge in [-0.3, -0.25) is 4.22 Å². The predicted molar refractivity (Wildman–Crippen MR) is 118 cm³/mol. The summed E-state index contributed by atoms with van der Waals surface area (Å²) in [7, 11) is -4.65. The van der Waals surface area contributed by atoms with Crippen LogP contribution in [0.15, 0.2) is 71.3 Å². The molecule has 6 nitrogen and oxygen atoms in total. The van der Waals surface area contributed by atoms with Gasteiger partial charge in [0.2, 0.25) is 0 Å². The monoisotopic (exact) mass is 424 g/mol. The van der Waals surface area contributed by atoms with Gasteiger partial charge in [0.1, 0.15) is 5.70 Å². The number of aromatic amines is 1. The summed E-state index contributed by atoms with van der Waals surface area (Å²) in [6, 6.07) is 14.5.